The predicted molar refractivity (Wildman–Crippen MR) is 78.6 cm³/mol. The highest BCUT2D eigenvalue weighted by atomic mass is 15.2. The van der Waals surface area contributed by atoms with Gasteiger partial charge in [0, 0.05) is 18.1 Å². The van der Waals surface area contributed by atoms with Gasteiger partial charge in [0.15, 0.2) is 0 Å². The molecule has 2 nitrogen and oxygen atoms in total. The summed E-state index contributed by atoms with van der Waals surface area (Å²) in [5.74, 6) is 0.902. The van der Waals surface area contributed by atoms with Gasteiger partial charge in [0.05, 0.1) is 0 Å². The van der Waals surface area contributed by atoms with E-state index in [9.17, 15) is 0 Å². The van der Waals surface area contributed by atoms with Crippen LogP contribution in [0.3, 0.4) is 0 Å². The minimum atomic E-state index is 0.317. The Labute approximate surface area is 113 Å². The van der Waals surface area contributed by atoms with Crippen molar-refractivity contribution in [2.24, 2.45) is 17.1 Å². The quantitative estimate of drug-likeness (QED) is 0.816. The third kappa shape index (κ3) is 2.91. The van der Waals surface area contributed by atoms with Crippen LogP contribution in [0, 0.1) is 11.3 Å². The van der Waals surface area contributed by atoms with Crippen molar-refractivity contribution in [3.8, 4) is 0 Å². The predicted octanol–water partition coefficient (Wildman–Crippen LogP) is 3.40. The molecule has 2 aliphatic rings. The molecule has 0 amide bonds. The Morgan fingerprint density at radius 3 is 2.50 bits per heavy atom. The van der Waals surface area contributed by atoms with Crippen molar-refractivity contribution >= 4 is 0 Å². The molecule has 0 aromatic heterocycles. The summed E-state index contributed by atoms with van der Waals surface area (Å²) in [6, 6.07) is 1.72. The molecular weight excluding hydrogens is 220 g/mol. The minimum Gasteiger partial charge on any atom is -0.326 e. The first-order valence-corrected chi connectivity index (χ1v) is 7.89. The highest BCUT2D eigenvalue weighted by Crippen LogP contribution is 2.38. The highest BCUT2D eigenvalue weighted by molar-refractivity contribution is 4.97. The lowest BCUT2D eigenvalue weighted by molar-refractivity contribution is 0.0393. The fourth-order valence-electron chi connectivity index (χ4n) is 4.13. The molecule has 0 aromatic carbocycles. The summed E-state index contributed by atoms with van der Waals surface area (Å²) in [6.45, 7) is 7.10. The number of nitrogens with zero attached hydrogens (tertiary/aromatic N) is 1. The fraction of sp³-hybridized carbons (Fsp3) is 1.00. The van der Waals surface area contributed by atoms with Crippen molar-refractivity contribution in [2.45, 2.75) is 83.8 Å². The van der Waals surface area contributed by atoms with E-state index >= 15 is 0 Å². The second-order valence-electron chi connectivity index (χ2n) is 7.57. The molecule has 2 aliphatic carbocycles. The number of hydrogen-bond acceptors (Lipinski definition) is 2. The first kappa shape index (κ1) is 14.3. The van der Waals surface area contributed by atoms with Crippen LogP contribution in [0.15, 0.2) is 0 Å². The molecule has 0 bridgehead atoms. The average Bonchev–Trinajstić information content (AvgIpc) is 2.32. The zero-order valence-electron chi connectivity index (χ0n) is 12.8. The van der Waals surface area contributed by atoms with E-state index in [0.29, 0.717) is 17.5 Å². The van der Waals surface area contributed by atoms with Crippen LogP contribution in [0.4, 0.5) is 0 Å². The second-order valence-corrected chi connectivity index (χ2v) is 7.57. The van der Waals surface area contributed by atoms with Crippen LogP contribution in [-0.2, 0) is 0 Å². The summed E-state index contributed by atoms with van der Waals surface area (Å²) in [5, 5.41) is 0. The van der Waals surface area contributed by atoms with Crippen molar-refractivity contribution in [3.63, 3.8) is 0 Å². The Morgan fingerprint density at radius 2 is 1.83 bits per heavy atom. The van der Waals surface area contributed by atoms with E-state index in [4.69, 9.17) is 5.73 Å². The van der Waals surface area contributed by atoms with Crippen molar-refractivity contribution in [2.75, 3.05) is 7.05 Å². The molecule has 0 saturated heterocycles. The topological polar surface area (TPSA) is 29.3 Å². The number of rotatable bonds is 2. The monoisotopic (exact) mass is 252 g/mol. The van der Waals surface area contributed by atoms with Gasteiger partial charge in [0.2, 0.25) is 0 Å². The molecule has 0 heterocycles. The van der Waals surface area contributed by atoms with Crippen molar-refractivity contribution < 1.29 is 0 Å². The number of likely N-dealkylation sites (N-methyl/N-ethyl adjacent to an activating group) is 1. The Balaban J connectivity index is 2.01. The molecule has 0 radical (unpaired) electrons. The normalized spacial score (nSPS) is 41.0. The van der Waals surface area contributed by atoms with Crippen LogP contribution >= 0.6 is 0 Å². The fourth-order valence-corrected chi connectivity index (χ4v) is 4.13. The summed E-state index contributed by atoms with van der Waals surface area (Å²) < 4.78 is 0. The van der Waals surface area contributed by atoms with Gasteiger partial charge < -0.3 is 5.73 Å². The summed E-state index contributed by atoms with van der Waals surface area (Å²) in [4.78, 5) is 2.64. The smallest absolute Gasteiger partial charge is 0.0252 e. The van der Waals surface area contributed by atoms with Crippen LogP contribution in [-0.4, -0.2) is 30.1 Å². The van der Waals surface area contributed by atoms with Crippen LogP contribution in [0.25, 0.3) is 0 Å². The highest BCUT2D eigenvalue weighted by Gasteiger charge is 2.40. The summed E-state index contributed by atoms with van der Waals surface area (Å²) >= 11 is 0. The average molecular weight is 252 g/mol. The molecule has 4 unspecified atom stereocenters. The molecule has 2 N–H and O–H groups in total. The Morgan fingerprint density at radius 1 is 1.11 bits per heavy atom. The van der Waals surface area contributed by atoms with E-state index in [-0.39, 0.29) is 0 Å². The van der Waals surface area contributed by atoms with Gasteiger partial charge in [-0.1, -0.05) is 40.0 Å². The minimum absolute atomic E-state index is 0.317. The Hall–Kier alpha value is -0.0800. The second kappa shape index (κ2) is 5.50. The maximum absolute atomic E-state index is 6.56. The first-order valence-electron chi connectivity index (χ1n) is 7.89. The SMILES string of the molecule is CC1CCCC(N(C)C2CCCC(C)(C)C2N)C1. The van der Waals surface area contributed by atoms with Gasteiger partial charge in [0.1, 0.15) is 0 Å². The van der Waals surface area contributed by atoms with Gasteiger partial charge in [-0.2, -0.15) is 0 Å². The van der Waals surface area contributed by atoms with Gasteiger partial charge >= 0.3 is 0 Å². The van der Waals surface area contributed by atoms with Gasteiger partial charge in [-0.15, -0.1) is 0 Å². The molecule has 18 heavy (non-hydrogen) atoms. The first-order chi connectivity index (χ1) is 8.42. The molecule has 2 saturated carbocycles. The number of nitrogens with two attached hydrogens (primary N) is 1. The van der Waals surface area contributed by atoms with Crippen LogP contribution in [0.2, 0.25) is 0 Å². The molecule has 2 fully saturated rings. The molecule has 0 aliphatic heterocycles. The molecule has 2 heteroatoms. The van der Waals surface area contributed by atoms with Crippen LogP contribution in [0.5, 0.6) is 0 Å². The lowest BCUT2D eigenvalue weighted by Crippen LogP contribution is -2.58. The third-order valence-electron chi connectivity index (χ3n) is 5.65. The molecule has 4 atom stereocenters. The van der Waals surface area contributed by atoms with Gasteiger partial charge in [-0.25, -0.2) is 0 Å². The van der Waals surface area contributed by atoms with E-state index in [0.717, 1.165) is 12.0 Å². The van der Waals surface area contributed by atoms with Gasteiger partial charge in [-0.3, -0.25) is 4.90 Å². The summed E-state index contributed by atoms with van der Waals surface area (Å²) in [7, 11) is 2.33. The third-order valence-corrected chi connectivity index (χ3v) is 5.65. The summed E-state index contributed by atoms with van der Waals surface area (Å²) in [6.07, 6.45) is 9.52. The van der Waals surface area contributed by atoms with Crippen LogP contribution in [0.1, 0.15) is 65.7 Å². The van der Waals surface area contributed by atoms with Crippen molar-refractivity contribution in [1.82, 2.24) is 4.90 Å². The van der Waals surface area contributed by atoms with E-state index in [1.165, 1.54) is 44.9 Å². The van der Waals surface area contributed by atoms with Gasteiger partial charge in [-0.05, 0) is 44.1 Å². The van der Waals surface area contributed by atoms with Gasteiger partial charge in [0.25, 0.3) is 0 Å². The molecular formula is C16H32N2. The zero-order valence-corrected chi connectivity index (χ0v) is 12.8. The molecule has 0 spiro atoms. The molecule has 2 rings (SSSR count). The standard InChI is InChI=1S/C16H32N2/c1-12-7-5-8-13(11-12)18(4)14-9-6-10-16(2,3)15(14)17/h12-15H,5-11,17H2,1-4H3. The summed E-state index contributed by atoms with van der Waals surface area (Å²) in [5.41, 5.74) is 6.87. The van der Waals surface area contributed by atoms with Crippen molar-refractivity contribution in [1.29, 1.82) is 0 Å². The van der Waals surface area contributed by atoms with E-state index in [1.807, 2.05) is 0 Å². The largest absolute Gasteiger partial charge is 0.326 e. The van der Waals surface area contributed by atoms with E-state index in [1.54, 1.807) is 0 Å². The number of hydrogen-bond donors (Lipinski definition) is 1. The maximum atomic E-state index is 6.56. The molecule has 106 valence electrons. The van der Waals surface area contributed by atoms with Crippen molar-refractivity contribution in [3.05, 3.63) is 0 Å². The zero-order chi connectivity index (χ0) is 13.3. The van der Waals surface area contributed by atoms with E-state index in [2.05, 4.69) is 32.7 Å². The molecule has 0 aromatic rings. The Kier molecular flexibility index (Phi) is 4.38. The maximum Gasteiger partial charge on any atom is 0.0252 e. The lowest BCUT2D eigenvalue weighted by Gasteiger charge is -2.48. The lowest BCUT2D eigenvalue weighted by atomic mass is 9.70. The Bertz CT molecular complexity index is 274. The van der Waals surface area contributed by atoms with E-state index < -0.39 is 0 Å². The van der Waals surface area contributed by atoms with Crippen LogP contribution < -0.4 is 5.73 Å².